The van der Waals surface area contributed by atoms with Crippen LogP contribution in [-0.2, 0) is 16.6 Å². The van der Waals surface area contributed by atoms with Crippen LogP contribution in [0.3, 0.4) is 0 Å². The van der Waals surface area contributed by atoms with E-state index < -0.39 is 15.8 Å². The van der Waals surface area contributed by atoms with Crippen LogP contribution < -0.4 is 5.32 Å². The molecule has 1 fully saturated rings. The first kappa shape index (κ1) is 15.4. The fourth-order valence-electron chi connectivity index (χ4n) is 2.14. The van der Waals surface area contributed by atoms with Crippen molar-refractivity contribution in [2.75, 3.05) is 13.6 Å². The number of halogens is 1. The number of nitrogens with one attached hydrogen (secondary N) is 1. The van der Waals surface area contributed by atoms with E-state index in [1.54, 1.807) is 13.1 Å². The van der Waals surface area contributed by atoms with Crippen LogP contribution in [0, 0.1) is 12.7 Å². The van der Waals surface area contributed by atoms with E-state index in [1.165, 1.54) is 17.3 Å². The molecule has 1 aliphatic rings. The molecule has 1 saturated carbocycles. The van der Waals surface area contributed by atoms with Gasteiger partial charge in [-0.15, -0.1) is 0 Å². The molecule has 0 aromatic heterocycles. The van der Waals surface area contributed by atoms with E-state index in [1.807, 2.05) is 6.92 Å². The lowest BCUT2D eigenvalue weighted by atomic mass is 10.1. The molecule has 0 unspecified atom stereocenters. The van der Waals surface area contributed by atoms with Crippen molar-refractivity contribution in [2.45, 2.75) is 44.2 Å². The maximum absolute atomic E-state index is 14.0. The van der Waals surface area contributed by atoms with Gasteiger partial charge < -0.3 is 5.32 Å². The predicted molar refractivity (Wildman–Crippen MR) is 76.5 cm³/mol. The number of sulfonamides is 1. The largest absolute Gasteiger partial charge is 0.313 e. The third-order valence-electron chi connectivity index (χ3n) is 3.65. The summed E-state index contributed by atoms with van der Waals surface area (Å²) in [4.78, 5) is 0.0832. The Labute approximate surface area is 120 Å². The molecule has 1 aromatic rings. The van der Waals surface area contributed by atoms with E-state index in [2.05, 4.69) is 5.32 Å². The third kappa shape index (κ3) is 3.02. The summed E-state index contributed by atoms with van der Waals surface area (Å²) in [6, 6.07) is 3.04. The van der Waals surface area contributed by atoms with Gasteiger partial charge in [0.2, 0.25) is 10.0 Å². The van der Waals surface area contributed by atoms with Gasteiger partial charge in [-0.25, -0.2) is 12.8 Å². The molecule has 0 saturated heterocycles. The first-order valence-electron chi connectivity index (χ1n) is 6.85. The monoisotopic (exact) mass is 300 g/mol. The molecule has 0 bridgehead atoms. The Hall–Kier alpha value is -0.980. The van der Waals surface area contributed by atoms with Crippen LogP contribution >= 0.6 is 0 Å². The van der Waals surface area contributed by atoms with Crippen molar-refractivity contribution >= 4 is 10.0 Å². The molecule has 0 aliphatic heterocycles. The van der Waals surface area contributed by atoms with Gasteiger partial charge in [-0.3, -0.25) is 0 Å². The smallest absolute Gasteiger partial charge is 0.243 e. The Morgan fingerprint density at radius 2 is 2.05 bits per heavy atom. The molecule has 0 heterocycles. The molecule has 0 radical (unpaired) electrons. The summed E-state index contributed by atoms with van der Waals surface area (Å²) in [5.74, 6) is -0.469. The molecule has 4 nitrogen and oxygen atoms in total. The average molecular weight is 300 g/mol. The van der Waals surface area contributed by atoms with Gasteiger partial charge in [-0.05, 0) is 44.0 Å². The summed E-state index contributed by atoms with van der Waals surface area (Å²) in [6.45, 7) is 4.67. The van der Waals surface area contributed by atoms with Gasteiger partial charge in [-0.2, -0.15) is 4.31 Å². The van der Waals surface area contributed by atoms with Crippen molar-refractivity contribution in [2.24, 2.45) is 0 Å². The predicted octanol–water partition coefficient (Wildman–Crippen LogP) is 2.03. The van der Waals surface area contributed by atoms with Crippen molar-refractivity contribution < 1.29 is 12.8 Å². The molecule has 0 atom stereocenters. The first-order valence-corrected chi connectivity index (χ1v) is 8.29. The van der Waals surface area contributed by atoms with Crippen LogP contribution in [0.5, 0.6) is 0 Å². The average Bonchev–Trinajstić information content (AvgIpc) is 3.23. The van der Waals surface area contributed by atoms with E-state index in [9.17, 15) is 12.8 Å². The summed E-state index contributed by atoms with van der Waals surface area (Å²) in [6.07, 6.45) is 1.77. The lowest BCUT2D eigenvalue weighted by Crippen LogP contribution is -2.30. The maximum Gasteiger partial charge on any atom is 0.243 e. The molecule has 112 valence electrons. The summed E-state index contributed by atoms with van der Waals surface area (Å²) in [7, 11) is -2.04. The van der Waals surface area contributed by atoms with Crippen LogP contribution in [0.2, 0.25) is 0 Å². The zero-order valence-electron chi connectivity index (χ0n) is 12.1. The van der Waals surface area contributed by atoms with Gasteiger partial charge in [-0.1, -0.05) is 6.92 Å². The van der Waals surface area contributed by atoms with E-state index in [0.717, 1.165) is 19.4 Å². The minimum atomic E-state index is -3.61. The molecule has 0 amide bonds. The minimum Gasteiger partial charge on any atom is -0.313 e. The van der Waals surface area contributed by atoms with Crippen LogP contribution in [0.1, 0.15) is 30.9 Å². The highest BCUT2D eigenvalue weighted by Crippen LogP contribution is 2.32. The zero-order valence-corrected chi connectivity index (χ0v) is 12.9. The fourth-order valence-corrected chi connectivity index (χ4v) is 3.83. The van der Waals surface area contributed by atoms with Crippen molar-refractivity contribution in [3.05, 3.63) is 29.1 Å². The molecule has 6 heteroatoms. The molecule has 2 rings (SSSR count). The number of nitrogens with zero attached hydrogens (tertiary/aromatic N) is 1. The van der Waals surface area contributed by atoms with E-state index in [-0.39, 0.29) is 16.5 Å². The highest BCUT2D eigenvalue weighted by Gasteiger charge is 2.36. The van der Waals surface area contributed by atoms with Crippen LogP contribution in [0.15, 0.2) is 17.0 Å². The van der Waals surface area contributed by atoms with Crippen LogP contribution in [0.4, 0.5) is 4.39 Å². The summed E-state index contributed by atoms with van der Waals surface area (Å²) in [5, 5.41) is 3.08. The number of benzene rings is 1. The van der Waals surface area contributed by atoms with Gasteiger partial charge in [0.1, 0.15) is 5.82 Å². The first-order chi connectivity index (χ1) is 9.37. The molecular formula is C14H21FN2O2S. The standard InChI is InChI=1S/C14H21FN2O2S/c1-4-16-9-11-7-13(15)10(2)14(8-11)20(18,19)17(3)12-5-6-12/h7-8,12,16H,4-6,9H2,1-3H3. The zero-order chi connectivity index (χ0) is 14.9. The molecule has 1 aromatic carbocycles. The van der Waals surface area contributed by atoms with Crippen LogP contribution in [0.25, 0.3) is 0 Å². The Balaban J connectivity index is 2.41. The quantitative estimate of drug-likeness (QED) is 0.874. The fraction of sp³-hybridized carbons (Fsp3) is 0.571. The summed E-state index contributed by atoms with van der Waals surface area (Å²) in [5.41, 5.74) is 0.843. The van der Waals surface area contributed by atoms with Gasteiger partial charge >= 0.3 is 0 Å². The van der Waals surface area contributed by atoms with E-state index in [4.69, 9.17) is 0 Å². The Kier molecular flexibility index (Phi) is 4.46. The Morgan fingerprint density at radius 3 is 2.60 bits per heavy atom. The molecule has 0 spiro atoms. The second-order valence-corrected chi connectivity index (χ2v) is 7.20. The summed E-state index contributed by atoms with van der Waals surface area (Å²) < 4.78 is 40.4. The van der Waals surface area contributed by atoms with E-state index in [0.29, 0.717) is 12.1 Å². The molecule has 20 heavy (non-hydrogen) atoms. The Morgan fingerprint density at radius 1 is 1.40 bits per heavy atom. The second kappa shape index (κ2) is 5.79. The molecule has 1 aliphatic carbocycles. The lowest BCUT2D eigenvalue weighted by Gasteiger charge is -2.19. The van der Waals surface area contributed by atoms with Crippen molar-refractivity contribution in [1.82, 2.24) is 9.62 Å². The topological polar surface area (TPSA) is 49.4 Å². The van der Waals surface area contributed by atoms with Gasteiger partial charge in [0.05, 0.1) is 4.90 Å². The number of rotatable bonds is 6. The van der Waals surface area contributed by atoms with Crippen LogP contribution in [-0.4, -0.2) is 32.4 Å². The molecule has 1 N–H and O–H groups in total. The third-order valence-corrected chi connectivity index (χ3v) is 5.69. The van der Waals surface area contributed by atoms with Gasteiger partial charge in [0, 0.05) is 25.2 Å². The normalized spacial score (nSPS) is 15.8. The number of hydrogen-bond donors (Lipinski definition) is 1. The Bertz CT molecular complexity index is 597. The SMILES string of the molecule is CCNCc1cc(F)c(C)c(S(=O)(=O)N(C)C2CC2)c1. The lowest BCUT2D eigenvalue weighted by molar-refractivity contribution is 0.462. The highest BCUT2D eigenvalue weighted by atomic mass is 32.2. The maximum atomic E-state index is 14.0. The second-order valence-electron chi connectivity index (χ2n) is 5.23. The summed E-state index contributed by atoms with van der Waals surface area (Å²) >= 11 is 0. The minimum absolute atomic E-state index is 0.0693. The van der Waals surface area contributed by atoms with Crippen molar-refractivity contribution in [1.29, 1.82) is 0 Å². The number of hydrogen-bond acceptors (Lipinski definition) is 3. The van der Waals surface area contributed by atoms with E-state index >= 15 is 0 Å². The van der Waals surface area contributed by atoms with Gasteiger partial charge in [0.25, 0.3) is 0 Å². The molecular weight excluding hydrogens is 279 g/mol. The van der Waals surface area contributed by atoms with Gasteiger partial charge in [0.15, 0.2) is 0 Å². The van der Waals surface area contributed by atoms with Crippen molar-refractivity contribution in [3.8, 4) is 0 Å². The highest BCUT2D eigenvalue weighted by molar-refractivity contribution is 7.89. The van der Waals surface area contributed by atoms with Crippen molar-refractivity contribution in [3.63, 3.8) is 0 Å².